The molecule has 0 bridgehead atoms. The number of carbonyl (C=O) groups excluding carboxylic acids is 1. The summed E-state index contributed by atoms with van der Waals surface area (Å²) in [5.41, 5.74) is 0.634. The Labute approximate surface area is 137 Å². The van der Waals surface area contributed by atoms with Crippen molar-refractivity contribution in [3.63, 3.8) is 0 Å². The molecule has 0 amide bonds. The standard InChI is InChI=1S/C14H15N3O5S/c1-3-22-13(19)11-7(2)15-14(23)16-12(11)9-6-8(17(20)21)4-5-10(9)18/h4-6,12,18H,3H2,1-2H3,(H2,15,16,23)/t12-/m0/s1. The van der Waals surface area contributed by atoms with E-state index in [1.54, 1.807) is 13.8 Å². The van der Waals surface area contributed by atoms with Gasteiger partial charge in [0.15, 0.2) is 5.11 Å². The Morgan fingerprint density at radius 3 is 2.83 bits per heavy atom. The van der Waals surface area contributed by atoms with E-state index in [1.807, 2.05) is 0 Å². The molecule has 8 nitrogen and oxygen atoms in total. The summed E-state index contributed by atoms with van der Waals surface area (Å²) in [7, 11) is 0. The number of phenolic OH excluding ortho intramolecular Hbond substituents is 1. The lowest BCUT2D eigenvalue weighted by Crippen LogP contribution is -2.45. The van der Waals surface area contributed by atoms with Gasteiger partial charge in [0, 0.05) is 23.4 Å². The molecule has 122 valence electrons. The Bertz CT molecular complexity index is 716. The fourth-order valence-electron chi connectivity index (χ4n) is 2.29. The van der Waals surface area contributed by atoms with Crippen LogP contribution in [0.1, 0.15) is 25.5 Å². The first kappa shape index (κ1) is 16.7. The number of phenols is 1. The molecule has 0 fully saturated rings. The third kappa shape index (κ3) is 3.39. The first-order valence-corrected chi connectivity index (χ1v) is 7.18. The highest BCUT2D eigenvalue weighted by molar-refractivity contribution is 7.80. The maximum atomic E-state index is 12.2. The first-order chi connectivity index (χ1) is 10.8. The van der Waals surface area contributed by atoms with E-state index in [4.69, 9.17) is 17.0 Å². The predicted molar refractivity (Wildman–Crippen MR) is 85.7 cm³/mol. The van der Waals surface area contributed by atoms with Gasteiger partial charge in [-0.05, 0) is 32.1 Å². The van der Waals surface area contributed by atoms with Crippen LogP contribution in [-0.4, -0.2) is 27.7 Å². The smallest absolute Gasteiger partial charge is 0.338 e. The zero-order valence-electron chi connectivity index (χ0n) is 12.5. The lowest BCUT2D eigenvalue weighted by molar-refractivity contribution is -0.385. The van der Waals surface area contributed by atoms with Crippen molar-refractivity contribution in [2.24, 2.45) is 0 Å². The van der Waals surface area contributed by atoms with Crippen molar-refractivity contribution in [2.75, 3.05) is 6.61 Å². The van der Waals surface area contributed by atoms with Gasteiger partial charge in [-0.25, -0.2) is 4.79 Å². The second-order valence-corrected chi connectivity index (χ2v) is 5.20. The number of aromatic hydroxyl groups is 1. The third-order valence-electron chi connectivity index (χ3n) is 3.30. The number of hydrogen-bond donors (Lipinski definition) is 3. The largest absolute Gasteiger partial charge is 0.508 e. The molecule has 1 aliphatic heterocycles. The van der Waals surface area contributed by atoms with Crippen LogP contribution >= 0.6 is 12.2 Å². The number of allylic oxidation sites excluding steroid dienone is 1. The van der Waals surface area contributed by atoms with Gasteiger partial charge in [0.05, 0.1) is 23.1 Å². The molecule has 2 rings (SSSR count). The molecule has 1 heterocycles. The van der Waals surface area contributed by atoms with Gasteiger partial charge >= 0.3 is 5.97 Å². The maximum Gasteiger partial charge on any atom is 0.338 e. The molecule has 23 heavy (non-hydrogen) atoms. The van der Waals surface area contributed by atoms with E-state index in [0.29, 0.717) is 5.70 Å². The third-order valence-corrected chi connectivity index (χ3v) is 3.52. The van der Waals surface area contributed by atoms with E-state index in [2.05, 4.69) is 10.6 Å². The number of benzene rings is 1. The number of carbonyl (C=O) groups is 1. The van der Waals surface area contributed by atoms with Gasteiger partial charge in [-0.1, -0.05) is 0 Å². The van der Waals surface area contributed by atoms with Gasteiger partial charge < -0.3 is 20.5 Å². The number of non-ortho nitro benzene ring substituents is 1. The van der Waals surface area contributed by atoms with Gasteiger partial charge in [0.2, 0.25) is 0 Å². The number of rotatable bonds is 4. The Morgan fingerprint density at radius 1 is 1.52 bits per heavy atom. The second kappa shape index (κ2) is 6.61. The van der Waals surface area contributed by atoms with Gasteiger partial charge in [0.25, 0.3) is 5.69 Å². The van der Waals surface area contributed by atoms with Gasteiger partial charge in [-0.3, -0.25) is 10.1 Å². The lowest BCUT2D eigenvalue weighted by atomic mass is 9.94. The van der Waals surface area contributed by atoms with Crippen LogP contribution in [0.2, 0.25) is 0 Å². The van der Waals surface area contributed by atoms with Crippen LogP contribution in [0.3, 0.4) is 0 Å². The summed E-state index contributed by atoms with van der Waals surface area (Å²) in [6, 6.07) is 2.74. The van der Waals surface area contributed by atoms with Crippen molar-refractivity contribution in [3.8, 4) is 5.75 Å². The van der Waals surface area contributed by atoms with Crippen LogP contribution in [0, 0.1) is 10.1 Å². The fourth-order valence-corrected chi connectivity index (χ4v) is 2.56. The van der Waals surface area contributed by atoms with Crippen LogP contribution < -0.4 is 10.6 Å². The molecule has 0 saturated carbocycles. The minimum absolute atomic E-state index is 0.172. The van der Waals surface area contributed by atoms with Crippen LogP contribution in [0.25, 0.3) is 0 Å². The molecule has 0 aliphatic carbocycles. The summed E-state index contributed by atoms with van der Waals surface area (Å²) < 4.78 is 5.02. The number of esters is 1. The molecule has 9 heteroatoms. The van der Waals surface area contributed by atoms with Crippen molar-refractivity contribution >= 4 is 29.0 Å². The summed E-state index contributed by atoms with van der Waals surface area (Å²) in [6.07, 6.45) is 0. The Kier molecular flexibility index (Phi) is 4.80. The number of nitro benzene ring substituents is 1. The van der Waals surface area contributed by atoms with E-state index < -0.39 is 16.9 Å². The minimum Gasteiger partial charge on any atom is -0.508 e. The summed E-state index contributed by atoms with van der Waals surface area (Å²) in [6.45, 7) is 3.48. The molecule has 1 aromatic rings. The highest BCUT2D eigenvalue weighted by Crippen LogP contribution is 2.35. The highest BCUT2D eigenvalue weighted by Gasteiger charge is 2.33. The molecule has 3 N–H and O–H groups in total. The maximum absolute atomic E-state index is 12.2. The number of hydrogen-bond acceptors (Lipinski definition) is 6. The number of nitrogens with zero attached hydrogens (tertiary/aromatic N) is 1. The lowest BCUT2D eigenvalue weighted by Gasteiger charge is -2.30. The monoisotopic (exact) mass is 337 g/mol. The van der Waals surface area contributed by atoms with E-state index in [1.165, 1.54) is 18.2 Å². The molecular formula is C14H15N3O5S. The van der Waals surface area contributed by atoms with E-state index in [9.17, 15) is 20.0 Å². The van der Waals surface area contributed by atoms with Crippen LogP contribution in [-0.2, 0) is 9.53 Å². The summed E-state index contributed by atoms with van der Waals surface area (Å²) in [5.74, 6) is -0.782. The molecule has 0 unspecified atom stereocenters. The average molecular weight is 337 g/mol. The van der Waals surface area contributed by atoms with Crippen molar-refractivity contribution in [2.45, 2.75) is 19.9 Å². The quantitative estimate of drug-likeness (QED) is 0.329. The SMILES string of the molecule is CCOC(=O)C1=C(C)NC(=S)N[C@H]1c1cc([N+](=O)[O-])ccc1O. The Morgan fingerprint density at radius 2 is 2.22 bits per heavy atom. The summed E-state index contributed by atoms with van der Waals surface area (Å²) in [4.78, 5) is 22.6. The molecule has 0 saturated heterocycles. The second-order valence-electron chi connectivity index (χ2n) is 4.79. The summed E-state index contributed by atoms with van der Waals surface area (Å²) in [5, 5.41) is 26.9. The van der Waals surface area contributed by atoms with E-state index in [-0.39, 0.29) is 34.3 Å². The van der Waals surface area contributed by atoms with Gasteiger partial charge in [-0.2, -0.15) is 0 Å². The van der Waals surface area contributed by atoms with Crippen LogP contribution in [0.5, 0.6) is 5.75 Å². The fraction of sp³-hybridized carbons (Fsp3) is 0.286. The number of nitro groups is 1. The average Bonchev–Trinajstić information content (AvgIpc) is 2.46. The van der Waals surface area contributed by atoms with Crippen LogP contribution in [0.15, 0.2) is 29.5 Å². The molecule has 1 aromatic carbocycles. The molecule has 0 aromatic heterocycles. The normalized spacial score (nSPS) is 17.3. The Balaban J connectivity index is 2.56. The molecule has 1 atom stereocenters. The zero-order valence-corrected chi connectivity index (χ0v) is 13.3. The first-order valence-electron chi connectivity index (χ1n) is 6.77. The van der Waals surface area contributed by atoms with E-state index >= 15 is 0 Å². The molecule has 0 spiro atoms. The van der Waals surface area contributed by atoms with Crippen molar-refractivity contribution in [1.29, 1.82) is 0 Å². The zero-order chi connectivity index (χ0) is 17.1. The van der Waals surface area contributed by atoms with Gasteiger partial charge in [-0.15, -0.1) is 0 Å². The van der Waals surface area contributed by atoms with Gasteiger partial charge in [0.1, 0.15) is 5.75 Å². The van der Waals surface area contributed by atoms with E-state index in [0.717, 1.165) is 0 Å². The highest BCUT2D eigenvalue weighted by atomic mass is 32.1. The van der Waals surface area contributed by atoms with Crippen molar-refractivity contribution in [3.05, 3.63) is 45.1 Å². The van der Waals surface area contributed by atoms with Crippen molar-refractivity contribution in [1.82, 2.24) is 10.6 Å². The number of nitrogens with one attached hydrogen (secondary N) is 2. The molecule has 1 aliphatic rings. The molecule has 0 radical (unpaired) electrons. The number of ether oxygens (including phenoxy) is 1. The Hall–Kier alpha value is -2.68. The van der Waals surface area contributed by atoms with Crippen LogP contribution in [0.4, 0.5) is 5.69 Å². The summed E-state index contributed by atoms with van der Waals surface area (Å²) >= 11 is 5.07. The predicted octanol–water partition coefficient (Wildman–Crippen LogP) is 1.66. The minimum atomic E-state index is -0.845. The topological polar surface area (TPSA) is 114 Å². The number of thiocarbonyl (C=S) groups is 1. The molecular weight excluding hydrogens is 322 g/mol. The van der Waals surface area contributed by atoms with Crippen molar-refractivity contribution < 1.29 is 19.6 Å².